The lowest BCUT2D eigenvalue weighted by molar-refractivity contribution is 0.255. The van der Waals surface area contributed by atoms with E-state index in [1.54, 1.807) is 30.0 Å². The van der Waals surface area contributed by atoms with Crippen LogP contribution in [0.3, 0.4) is 0 Å². The van der Waals surface area contributed by atoms with Crippen molar-refractivity contribution in [1.82, 2.24) is 25.2 Å². The summed E-state index contributed by atoms with van der Waals surface area (Å²) in [6.07, 6.45) is 5.47. The van der Waals surface area contributed by atoms with Crippen LogP contribution in [0.5, 0.6) is 5.75 Å². The molecule has 1 fully saturated rings. The maximum absolute atomic E-state index is 12.6. The van der Waals surface area contributed by atoms with Crippen LogP contribution in [0.25, 0.3) is 11.0 Å². The molecule has 4 rings (SSSR count). The van der Waals surface area contributed by atoms with Gasteiger partial charge in [-0.05, 0) is 56.5 Å². The summed E-state index contributed by atoms with van der Waals surface area (Å²) in [7, 11) is 1.61. The number of hydrogen-bond acceptors (Lipinski definition) is 6. The quantitative estimate of drug-likeness (QED) is 0.586. The van der Waals surface area contributed by atoms with E-state index < -0.39 is 0 Å². The fourth-order valence-electron chi connectivity index (χ4n) is 4.17. The van der Waals surface area contributed by atoms with E-state index in [1.165, 1.54) is 0 Å². The van der Waals surface area contributed by atoms with E-state index in [1.807, 2.05) is 25.3 Å². The summed E-state index contributed by atoms with van der Waals surface area (Å²) in [5.41, 5.74) is 3.51. The maximum Gasteiger partial charge on any atom is 0.251 e. The molecule has 1 aliphatic heterocycles. The SMILES string of the molecule is COc1cnc2ccc(=O)n(CCC3CNCCC3NCc3cnc(C)c(Cl)c3)c2c1. The van der Waals surface area contributed by atoms with Crippen LogP contribution >= 0.6 is 11.6 Å². The van der Waals surface area contributed by atoms with E-state index in [-0.39, 0.29) is 5.56 Å². The highest BCUT2D eigenvalue weighted by atomic mass is 35.5. The summed E-state index contributed by atoms with van der Waals surface area (Å²) in [6, 6.07) is 7.57. The van der Waals surface area contributed by atoms with Crippen LogP contribution in [-0.2, 0) is 13.1 Å². The fourth-order valence-corrected chi connectivity index (χ4v) is 4.36. The number of aryl methyl sites for hydroxylation is 2. The lowest BCUT2D eigenvalue weighted by atomic mass is 9.90. The first-order chi connectivity index (χ1) is 15.0. The third kappa shape index (κ3) is 5.06. The van der Waals surface area contributed by atoms with Crippen LogP contribution in [0.4, 0.5) is 0 Å². The Morgan fingerprint density at radius 1 is 1.29 bits per heavy atom. The molecule has 7 nitrogen and oxygen atoms in total. The van der Waals surface area contributed by atoms with Gasteiger partial charge in [-0.1, -0.05) is 11.6 Å². The highest BCUT2D eigenvalue weighted by Gasteiger charge is 2.24. The minimum atomic E-state index is -0.0174. The van der Waals surface area contributed by atoms with Crippen molar-refractivity contribution < 1.29 is 4.74 Å². The first kappa shape index (κ1) is 21.7. The number of methoxy groups -OCH3 is 1. The zero-order valence-corrected chi connectivity index (χ0v) is 18.7. The largest absolute Gasteiger partial charge is 0.495 e. The third-order valence-electron chi connectivity index (χ3n) is 6.03. The van der Waals surface area contributed by atoms with E-state index in [0.29, 0.717) is 29.3 Å². The smallest absolute Gasteiger partial charge is 0.251 e. The Morgan fingerprint density at radius 3 is 2.97 bits per heavy atom. The van der Waals surface area contributed by atoms with E-state index in [2.05, 4.69) is 20.6 Å². The Kier molecular flexibility index (Phi) is 6.85. The van der Waals surface area contributed by atoms with Crippen LogP contribution in [0, 0.1) is 12.8 Å². The molecule has 31 heavy (non-hydrogen) atoms. The lowest BCUT2D eigenvalue weighted by Crippen LogP contribution is -2.47. The van der Waals surface area contributed by atoms with Crippen molar-refractivity contribution in [3.05, 3.63) is 63.3 Å². The molecule has 8 heteroatoms. The average molecular weight is 442 g/mol. The molecule has 0 aliphatic carbocycles. The van der Waals surface area contributed by atoms with E-state index >= 15 is 0 Å². The molecule has 0 radical (unpaired) electrons. The summed E-state index contributed by atoms with van der Waals surface area (Å²) in [5, 5.41) is 7.87. The second kappa shape index (κ2) is 9.77. The maximum atomic E-state index is 12.6. The molecular formula is C23H28ClN5O2. The molecular weight excluding hydrogens is 414 g/mol. The zero-order valence-electron chi connectivity index (χ0n) is 17.9. The number of ether oxygens (including phenoxy) is 1. The van der Waals surface area contributed by atoms with Crippen molar-refractivity contribution in [2.45, 2.75) is 38.9 Å². The van der Waals surface area contributed by atoms with Gasteiger partial charge in [0.2, 0.25) is 0 Å². The molecule has 0 bridgehead atoms. The molecule has 164 valence electrons. The van der Waals surface area contributed by atoms with Gasteiger partial charge in [-0.3, -0.25) is 14.8 Å². The van der Waals surface area contributed by atoms with Gasteiger partial charge in [0.25, 0.3) is 5.56 Å². The molecule has 0 saturated carbocycles. The van der Waals surface area contributed by atoms with Crippen molar-refractivity contribution in [2.24, 2.45) is 5.92 Å². The Hall–Kier alpha value is -2.48. The van der Waals surface area contributed by atoms with Crippen molar-refractivity contribution in [3.8, 4) is 5.75 Å². The van der Waals surface area contributed by atoms with Gasteiger partial charge in [0.05, 0.1) is 35.1 Å². The number of hydrogen-bond donors (Lipinski definition) is 2. The second-order valence-corrected chi connectivity index (χ2v) is 8.45. The Morgan fingerprint density at radius 2 is 2.16 bits per heavy atom. The molecule has 2 unspecified atom stereocenters. The number of pyridine rings is 3. The predicted molar refractivity (Wildman–Crippen MR) is 123 cm³/mol. The van der Waals surface area contributed by atoms with Gasteiger partial charge in [-0.25, -0.2) is 0 Å². The van der Waals surface area contributed by atoms with E-state index in [4.69, 9.17) is 16.3 Å². The Labute approximate surface area is 186 Å². The summed E-state index contributed by atoms with van der Waals surface area (Å²) in [5.74, 6) is 1.06. The number of nitrogens with zero attached hydrogens (tertiary/aromatic N) is 3. The standard InChI is InChI=1S/C23H28ClN5O2/c1-15-19(24)9-16(11-26-15)12-27-20-5-7-25-13-17(20)6-8-29-22-10-18(31-2)14-28-21(22)3-4-23(29)30/h3-4,9-11,14,17,20,25,27H,5-8,12-13H2,1-2H3. The molecule has 3 aromatic heterocycles. The summed E-state index contributed by atoms with van der Waals surface area (Å²) < 4.78 is 7.11. The van der Waals surface area contributed by atoms with Crippen LogP contribution < -0.4 is 20.9 Å². The van der Waals surface area contributed by atoms with Crippen molar-refractivity contribution in [2.75, 3.05) is 20.2 Å². The van der Waals surface area contributed by atoms with Gasteiger partial charge in [-0.15, -0.1) is 0 Å². The topological polar surface area (TPSA) is 81.1 Å². The number of aromatic nitrogens is 3. The molecule has 4 heterocycles. The van der Waals surface area contributed by atoms with Crippen molar-refractivity contribution >= 4 is 22.6 Å². The number of halogens is 1. The van der Waals surface area contributed by atoms with E-state index in [0.717, 1.165) is 54.8 Å². The highest BCUT2D eigenvalue weighted by Crippen LogP contribution is 2.21. The minimum absolute atomic E-state index is 0.0174. The van der Waals surface area contributed by atoms with Gasteiger partial charge in [-0.2, -0.15) is 0 Å². The average Bonchev–Trinajstić information content (AvgIpc) is 2.79. The van der Waals surface area contributed by atoms with Gasteiger partial charge in [0.1, 0.15) is 5.75 Å². The summed E-state index contributed by atoms with van der Waals surface area (Å²) in [4.78, 5) is 21.4. The van der Waals surface area contributed by atoms with Gasteiger partial charge in [0, 0.05) is 37.5 Å². The first-order valence-corrected chi connectivity index (χ1v) is 11.0. The highest BCUT2D eigenvalue weighted by molar-refractivity contribution is 6.31. The normalized spacial score (nSPS) is 18.9. The fraction of sp³-hybridized carbons (Fsp3) is 0.435. The number of nitrogens with one attached hydrogen (secondary N) is 2. The summed E-state index contributed by atoms with van der Waals surface area (Å²) >= 11 is 6.22. The molecule has 2 atom stereocenters. The molecule has 0 spiro atoms. The van der Waals surface area contributed by atoms with Crippen molar-refractivity contribution in [1.29, 1.82) is 0 Å². The predicted octanol–water partition coefficient (Wildman–Crippen LogP) is 2.92. The Bertz CT molecular complexity index is 1120. The number of fused-ring (bicyclic) bond motifs is 1. The summed E-state index contributed by atoms with van der Waals surface area (Å²) in [6.45, 7) is 5.17. The molecule has 0 aromatic carbocycles. The minimum Gasteiger partial charge on any atom is -0.495 e. The second-order valence-electron chi connectivity index (χ2n) is 8.04. The number of piperidine rings is 1. The molecule has 1 aliphatic rings. The molecule has 3 aromatic rings. The lowest BCUT2D eigenvalue weighted by Gasteiger charge is -2.33. The zero-order chi connectivity index (χ0) is 21.8. The van der Waals surface area contributed by atoms with Crippen LogP contribution in [0.1, 0.15) is 24.1 Å². The molecule has 1 saturated heterocycles. The van der Waals surface area contributed by atoms with Crippen LogP contribution in [-0.4, -0.2) is 40.8 Å². The number of rotatable bonds is 7. The van der Waals surface area contributed by atoms with E-state index in [9.17, 15) is 4.79 Å². The van der Waals surface area contributed by atoms with Gasteiger partial charge in [0.15, 0.2) is 0 Å². The van der Waals surface area contributed by atoms with Crippen molar-refractivity contribution in [3.63, 3.8) is 0 Å². The Balaban J connectivity index is 1.47. The van der Waals surface area contributed by atoms with Crippen LogP contribution in [0.2, 0.25) is 5.02 Å². The first-order valence-electron chi connectivity index (χ1n) is 10.6. The van der Waals surface area contributed by atoms with Crippen LogP contribution in [0.15, 0.2) is 41.5 Å². The monoisotopic (exact) mass is 441 g/mol. The van der Waals surface area contributed by atoms with Gasteiger partial charge < -0.3 is 19.9 Å². The third-order valence-corrected chi connectivity index (χ3v) is 6.41. The molecule has 2 N–H and O–H groups in total. The van der Waals surface area contributed by atoms with Gasteiger partial charge >= 0.3 is 0 Å². The molecule has 0 amide bonds.